The van der Waals surface area contributed by atoms with Crippen molar-refractivity contribution in [2.45, 2.75) is 26.8 Å². The molecule has 4 heteroatoms. The molecule has 0 amide bonds. The Kier molecular flexibility index (Phi) is 3.66. The second kappa shape index (κ2) is 5.06. The highest BCUT2D eigenvalue weighted by molar-refractivity contribution is 9.10. The lowest BCUT2D eigenvalue weighted by molar-refractivity contribution is 0.469. The summed E-state index contributed by atoms with van der Waals surface area (Å²) in [6.07, 6.45) is 0. The Labute approximate surface area is 115 Å². The van der Waals surface area contributed by atoms with Crippen molar-refractivity contribution in [2.75, 3.05) is 5.32 Å². The predicted molar refractivity (Wildman–Crippen MR) is 76.0 cm³/mol. The molecule has 1 unspecified atom stereocenters. The molecule has 0 aliphatic rings. The van der Waals surface area contributed by atoms with Crippen molar-refractivity contribution in [2.24, 2.45) is 0 Å². The molecule has 0 bridgehead atoms. The summed E-state index contributed by atoms with van der Waals surface area (Å²) in [6.45, 7) is 5.88. The number of hydrogen-bond acceptors (Lipinski definition) is 3. The van der Waals surface area contributed by atoms with Crippen LogP contribution in [0.25, 0.3) is 0 Å². The highest BCUT2D eigenvalue weighted by Gasteiger charge is 2.11. The van der Waals surface area contributed by atoms with Crippen molar-refractivity contribution in [3.8, 4) is 5.75 Å². The van der Waals surface area contributed by atoms with Crippen molar-refractivity contribution >= 4 is 21.6 Å². The molecule has 1 aromatic heterocycles. The molecule has 1 heterocycles. The van der Waals surface area contributed by atoms with Crippen LogP contribution in [0.4, 0.5) is 5.69 Å². The van der Waals surface area contributed by atoms with E-state index in [1.807, 2.05) is 39.0 Å². The van der Waals surface area contributed by atoms with Crippen LogP contribution in [-0.2, 0) is 0 Å². The maximum absolute atomic E-state index is 9.63. The monoisotopic (exact) mass is 309 g/mol. The molecule has 96 valence electrons. The lowest BCUT2D eigenvalue weighted by Crippen LogP contribution is -2.07. The fraction of sp³-hybridized carbons (Fsp3) is 0.286. The summed E-state index contributed by atoms with van der Waals surface area (Å²) in [5, 5.41) is 13.0. The average Bonchev–Trinajstić information content (AvgIpc) is 2.73. The molecular weight excluding hydrogens is 294 g/mol. The number of benzene rings is 1. The fourth-order valence-corrected chi connectivity index (χ4v) is 2.14. The number of phenols is 1. The predicted octanol–water partition coefficient (Wildman–Crippen LogP) is 4.54. The molecule has 3 nitrogen and oxygen atoms in total. The van der Waals surface area contributed by atoms with Gasteiger partial charge in [-0.05, 0) is 72.1 Å². The summed E-state index contributed by atoms with van der Waals surface area (Å²) in [5.41, 5.74) is 2.87. The largest absolute Gasteiger partial charge is 0.508 e. The summed E-state index contributed by atoms with van der Waals surface area (Å²) in [5.74, 6) is 1.19. The molecule has 2 rings (SSSR count). The minimum Gasteiger partial charge on any atom is -0.508 e. The first kappa shape index (κ1) is 13.0. The second-order valence-electron chi connectivity index (χ2n) is 4.46. The Morgan fingerprint density at radius 1 is 1.22 bits per heavy atom. The van der Waals surface area contributed by atoms with Gasteiger partial charge in [0.25, 0.3) is 0 Å². The van der Waals surface area contributed by atoms with Gasteiger partial charge >= 0.3 is 0 Å². The van der Waals surface area contributed by atoms with Crippen LogP contribution in [0.15, 0.2) is 33.4 Å². The van der Waals surface area contributed by atoms with Gasteiger partial charge in [-0.2, -0.15) is 0 Å². The van der Waals surface area contributed by atoms with E-state index in [4.69, 9.17) is 4.42 Å². The van der Waals surface area contributed by atoms with Gasteiger partial charge < -0.3 is 14.8 Å². The standard InChI is InChI=1S/C14H16BrNO2/c1-8-7-12(17)9(2)6-11(8)16-10(3)13-4-5-14(15)18-13/h4-7,10,16-17H,1-3H3. The van der Waals surface area contributed by atoms with Crippen LogP contribution in [0.5, 0.6) is 5.75 Å². The number of nitrogens with one attached hydrogen (secondary N) is 1. The van der Waals surface area contributed by atoms with Gasteiger partial charge in [0, 0.05) is 5.69 Å². The number of halogens is 1. The van der Waals surface area contributed by atoms with Crippen molar-refractivity contribution in [3.05, 3.63) is 45.8 Å². The number of hydrogen-bond donors (Lipinski definition) is 2. The molecule has 0 saturated carbocycles. The Hall–Kier alpha value is -1.42. The maximum Gasteiger partial charge on any atom is 0.169 e. The first-order chi connectivity index (χ1) is 8.47. The number of aromatic hydroxyl groups is 1. The Morgan fingerprint density at radius 3 is 2.56 bits per heavy atom. The Morgan fingerprint density at radius 2 is 1.94 bits per heavy atom. The first-order valence-corrected chi connectivity index (χ1v) is 6.58. The van der Waals surface area contributed by atoms with Gasteiger partial charge in [0.05, 0.1) is 6.04 Å². The van der Waals surface area contributed by atoms with Gasteiger partial charge in [-0.25, -0.2) is 0 Å². The molecule has 18 heavy (non-hydrogen) atoms. The summed E-state index contributed by atoms with van der Waals surface area (Å²) >= 11 is 3.29. The van der Waals surface area contributed by atoms with E-state index in [1.165, 1.54) is 0 Å². The molecule has 0 aliphatic carbocycles. The minimum absolute atomic E-state index is 0.0685. The Bertz CT molecular complexity index is 563. The van der Waals surface area contributed by atoms with Gasteiger partial charge in [0.15, 0.2) is 4.67 Å². The third kappa shape index (κ3) is 2.70. The zero-order valence-electron chi connectivity index (χ0n) is 10.6. The van der Waals surface area contributed by atoms with Crippen molar-refractivity contribution < 1.29 is 9.52 Å². The molecule has 0 aliphatic heterocycles. The van der Waals surface area contributed by atoms with E-state index in [1.54, 1.807) is 6.07 Å². The Balaban J connectivity index is 2.21. The SMILES string of the molecule is Cc1cc(NC(C)c2ccc(Br)o2)c(C)cc1O. The molecule has 1 aromatic carbocycles. The highest BCUT2D eigenvalue weighted by Crippen LogP contribution is 2.29. The average molecular weight is 310 g/mol. The number of anilines is 1. The number of aryl methyl sites for hydroxylation is 2. The molecule has 2 N–H and O–H groups in total. The van der Waals surface area contributed by atoms with Gasteiger partial charge in [-0.3, -0.25) is 0 Å². The minimum atomic E-state index is 0.0685. The second-order valence-corrected chi connectivity index (χ2v) is 5.24. The van der Waals surface area contributed by atoms with Crippen LogP contribution in [-0.4, -0.2) is 5.11 Å². The molecular formula is C14H16BrNO2. The smallest absolute Gasteiger partial charge is 0.169 e. The highest BCUT2D eigenvalue weighted by atomic mass is 79.9. The fourth-order valence-electron chi connectivity index (χ4n) is 1.82. The first-order valence-electron chi connectivity index (χ1n) is 5.79. The molecule has 0 spiro atoms. The van der Waals surface area contributed by atoms with Crippen molar-refractivity contribution in [1.82, 2.24) is 0 Å². The lowest BCUT2D eigenvalue weighted by Gasteiger charge is -2.16. The topological polar surface area (TPSA) is 45.4 Å². The molecule has 0 radical (unpaired) electrons. The zero-order valence-corrected chi connectivity index (χ0v) is 12.2. The van der Waals surface area contributed by atoms with Crippen LogP contribution < -0.4 is 5.32 Å². The molecule has 2 aromatic rings. The van der Waals surface area contributed by atoms with Crippen LogP contribution in [0, 0.1) is 13.8 Å². The molecule has 0 saturated heterocycles. The van der Waals surface area contributed by atoms with Crippen LogP contribution >= 0.6 is 15.9 Å². The molecule has 0 fully saturated rings. The van der Waals surface area contributed by atoms with Gasteiger partial charge in [0.2, 0.25) is 0 Å². The summed E-state index contributed by atoms with van der Waals surface area (Å²) in [6, 6.07) is 7.59. The zero-order chi connectivity index (χ0) is 13.3. The third-order valence-corrected chi connectivity index (χ3v) is 3.36. The quantitative estimate of drug-likeness (QED) is 0.818. The van der Waals surface area contributed by atoms with E-state index in [-0.39, 0.29) is 6.04 Å². The van der Waals surface area contributed by atoms with E-state index in [2.05, 4.69) is 21.2 Å². The summed E-state index contributed by atoms with van der Waals surface area (Å²) in [7, 11) is 0. The normalized spacial score (nSPS) is 12.4. The van der Waals surface area contributed by atoms with Crippen LogP contribution in [0.3, 0.4) is 0 Å². The number of phenolic OH excluding ortho intramolecular Hbond substituents is 1. The van der Waals surface area contributed by atoms with E-state index in [0.717, 1.165) is 27.2 Å². The van der Waals surface area contributed by atoms with Crippen molar-refractivity contribution in [3.63, 3.8) is 0 Å². The van der Waals surface area contributed by atoms with E-state index >= 15 is 0 Å². The summed E-state index contributed by atoms with van der Waals surface area (Å²) in [4.78, 5) is 0. The van der Waals surface area contributed by atoms with Gasteiger partial charge in [-0.1, -0.05) is 0 Å². The van der Waals surface area contributed by atoms with E-state index in [9.17, 15) is 5.11 Å². The van der Waals surface area contributed by atoms with E-state index in [0.29, 0.717) is 5.75 Å². The summed E-state index contributed by atoms with van der Waals surface area (Å²) < 4.78 is 6.24. The maximum atomic E-state index is 9.63. The van der Waals surface area contributed by atoms with Crippen LogP contribution in [0.2, 0.25) is 0 Å². The van der Waals surface area contributed by atoms with Gasteiger partial charge in [0.1, 0.15) is 11.5 Å². The van der Waals surface area contributed by atoms with Crippen LogP contribution in [0.1, 0.15) is 29.9 Å². The third-order valence-electron chi connectivity index (χ3n) is 2.94. The number of rotatable bonds is 3. The van der Waals surface area contributed by atoms with E-state index < -0.39 is 0 Å². The van der Waals surface area contributed by atoms with Crippen molar-refractivity contribution in [1.29, 1.82) is 0 Å². The number of furan rings is 1. The molecule has 1 atom stereocenters. The lowest BCUT2D eigenvalue weighted by atomic mass is 10.1. The van der Waals surface area contributed by atoms with Gasteiger partial charge in [-0.15, -0.1) is 0 Å².